The third-order valence-electron chi connectivity index (χ3n) is 5.44. The van der Waals surface area contributed by atoms with Gasteiger partial charge in [0, 0.05) is 12.7 Å². The molecule has 5 rings (SSSR count). The number of benzene rings is 1. The molecule has 34 heavy (non-hydrogen) atoms. The first kappa shape index (κ1) is 22.0. The summed E-state index contributed by atoms with van der Waals surface area (Å²) in [6, 6.07) is 13.3. The van der Waals surface area contributed by atoms with Gasteiger partial charge in [-0.15, -0.1) is 10.2 Å². The van der Waals surface area contributed by atoms with E-state index in [2.05, 4.69) is 27.1 Å². The molecule has 1 aromatic carbocycles. The van der Waals surface area contributed by atoms with Crippen molar-refractivity contribution < 1.29 is 4.42 Å². The Kier molecular flexibility index (Phi) is 6.17. The molecule has 0 amide bonds. The molecular weight excluding hydrogens is 454 g/mol. The lowest BCUT2D eigenvalue weighted by molar-refractivity contribution is 0.464. The molecule has 0 spiro atoms. The van der Waals surface area contributed by atoms with E-state index in [1.54, 1.807) is 6.20 Å². The fourth-order valence-electron chi connectivity index (χ4n) is 3.76. The smallest absolute Gasteiger partial charge is 0.330 e. The van der Waals surface area contributed by atoms with Crippen molar-refractivity contribution in [1.29, 1.82) is 0 Å². The van der Waals surface area contributed by atoms with Crippen LogP contribution in [0.1, 0.15) is 31.2 Å². The Balaban J connectivity index is 1.51. The Morgan fingerprint density at radius 1 is 1.06 bits per heavy atom. The van der Waals surface area contributed by atoms with Gasteiger partial charge in [-0.05, 0) is 24.1 Å². The second-order valence-corrected chi connectivity index (χ2v) is 8.71. The number of fused-ring (bicyclic) bond motifs is 1. The first-order chi connectivity index (χ1) is 16.6. The van der Waals surface area contributed by atoms with Crippen LogP contribution in [-0.2, 0) is 18.8 Å². The zero-order chi connectivity index (χ0) is 23.5. The van der Waals surface area contributed by atoms with E-state index < -0.39 is 11.2 Å². The molecule has 0 aliphatic heterocycles. The number of unbranched alkanes of at least 4 members (excludes halogenated alkanes) is 1. The number of aromatic amines is 2. The van der Waals surface area contributed by atoms with Crippen molar-refractivity contribution in [2.75, 3.05) is 0 Å². The standard InChI is InChI=1S/C23H23N7O3S/c1-2-3-12-29-17(14-34-23-28-27-21(33-23)16-10-7-11-24-16)25-19-18(29)20(31)26-22(32)30(19)13-15-8-5-4-6-9-15/h4-11,24H,2-3,12-14H2,1H3,(H,26,31,32). The Morgan fingerprint density at radius 3 is 2.68 bits per heavy atom. The predicted octanol–water partition coefficient (Wildman–Crippen LogP) is 3.41. The lowest BCUT2D eigenvalue weighted by Gasteiger charge is -2.08. The molecule has 4 aromatic heterocycles. The van der Waals surface area contributed by atoms with Crippen molar-refractivity contribution in [3.8, 4) is 11.6 Å². The Morgan fingerprint density at radius 2 is 1.91 bits per heavy atom. The maximum atomic E-state index is 12.8. The van der Waals surface area contributed by atoms with Crippen LogP contribution in [0.15, 0.2) is 67.9 Å². The third-order valence-corrected chi connectivity index (χ3v) is 6.26. The quantitative estimate of drug-likeness (QED) is 0.311. The summed E-state index contributed by atoms with van der Waals surface area (Å²) in [6.07, 6.45) is 3.61. The van der Waals surface area contributed by atoms with Gasteiger partial charge in [0.15, 0.2) is 11.2 Å². The number of nitrogens with one attached hydrogen (secondary N) is 2. The van der Waals surface area contributed by atoms with Crippen molar-refractivity contribution in [3.63, 3.8) is 0 Å². The van der Waals surface area contributed by atoms with Crippen LogP contribution in [0.2, 0.25) is 0 Å². The van der Waals surface area contributed by atoms with Crippen LogP contribution in [0, 0.1) is 0 Å². The number of aryl methyl sites for hydroxylation is 1. The summed E-state index contributed by atoms with van der Waals surface area (Å²) >= 11 is 1.34. The molecule has 10 nitrogen and oxygen atoms in total. The van der Waals surface area contributed by atoms with E-state index in [0.29, 0.717) is 46.9 Å². The number of thioether (sulfide) groups is 1. The number of H-pyrrole nitrogens is 2. The largest absolute Gasteiger partial charge is 0.410 e. The highest BCUT2D eigenvalue weighted by atomic mass is 32.2. The molecule has 0 atom stereocenters. The second-order valence-electron chi connectivity index (χ2n) is 7.78. The first-order valence-corrected chi connectivity index (χ1v) is 12.0. The van der Waals surface area contributed by atoms with Crippen LogP contribution in [-0.4, -0.2) is 34.3 Å². The molecule has 2 N–H and O–H groups in total. The number of hydrogen-bond acceptors (Lipinski definition) is 7. The van der Waals surface area contributed by atoms with Gasteiger partial charge in [-0.3, -0.25) is 14.3 Å². The highest BCUT2D eigenvalue weighted by molar-refractivity contribution is 7.98. The minimum atomic E-state index is -0.479. The fraction of sp³-hybridized carbons (Fsp3) is 0.261. The van der Waals surface area contributed by atoms with E-state index in [-0.39, 0.29) is 0 Å². The zero-order valence-corrected chi connectivity index (χ0v) is 19.3. The average Bonchev–Trinajstić information content (AvgIpc) is 3.59. The molecule has 0 bridgehead atoms. The molecule has 0 unspecified atom stereocenters. The van der Waals surface area contributed by atoms with Gasteiger partial charge in [0.05, 0.1) is 12.3 Å². The normalized spacial score (nSPS) is 11.4. The van der Waals surface area contributed by atoms with E-state index in [4.69, 9.17) is 9.40 Å². The van der Waals surface area contributed by atoms with E-state index in [1.807, 2.05) is 47.0 Å². The highest BCUT2D eigenvalue weighted by Crippen LogP contribution is 2.26. The van der Waals surface area contributed by atoms with Crippen molar-refractivity contribution >= 4 is 22.9 Å². The van der Waals surface area contributed by atoms with Crippen LogP contribution in [0.5, 0.6) is 0 Å². The van der Waals surface area contributed by atoms with E-state index in [1.165, 1.54) is 16.3 Å². The number of imidazole rings is 1. The summed E-state index contributed by atoms with van der Waals surface area (Å²) in [6.45, 7) is 3.02. The Hall–Kier alpha value is -3.86. The molecule has 0 radical (unpaired) electrons. The molecule has 11 heteroatoms. The van der Waals surface area contributed by atoms with Crippen molar-refractivity contribution in [3.05, 3.63) is 80.9 Å². The number of nitrogens with zero attached hydrogens (tertiary/aromatic N) is 5. The number of rotatable bonds is 9. The van der Waals surface area contributed by atoms with Gasteiger partial charge in [-0.2, -0.15) is 0 Å². The maximum absolute atomic E-state index is 12.8. The molecule has 174 valence electrons. The van der Waals surface area contributed by atoms with Crippen molar-refractivity contribution in [1.82, 2.24) is 34.3 Å². The average molecular weight is 478 g/mol. The maximum Gasteiger partial charge on any atom is 0.330 e. The lowest BCUT2D eigenvalue weighted by atomic mass is 10.2. The molecule has 0 aliphatic carbocycles. The molecule has 0 aliphatic rings. The summed E-state index contributed by atoms with van der Waals surface area (Å²) in [4.78, 5) is 35.8. The lowest BCUT2D eigenvalue weighted by Crippen LogP contribution is -2.31. The summed E-state index contributed by atoms with van der Waals surface area (Å²) in [5.41, 5.74) is 1.55. The summed E-state index contributed by atoms with van der Waals surface area (Å²) < 4.78 is 9.15. The van der Waals surface area contributed by atoms with Gasteiger partial charge in [-0.25, -0.2) is 9.78 Å². The van der Waals surface area contributed by atoms with Gasteiger partial charge in [0.25, 0.3) is 16.7 Å². The minimum absolute atomic E-state index is 0.313. The van der Waals surface area contributed by atoms with Crippen molar-refractivity contribution in [2.45, 2.75) is 43.8 Å². The van der Waals surface area contributed by atoms with E-state index >= 15 is 0 Å². The van der Waals surface area contributed by atoms with Crippen LogP contribution in [0.4, 0.5) is 0 Å². The Bertz CT molecular complexity index is 1510. The minimum Gasteiger partial charge on any atom is -0.410 e. The van der Waals surface area contributed by atoms with E-state index in [9.17, 15) is 9.59 Å². The zero-order valence-electron chi connectivity index (χ0n) is 18.5. The first-order valence-electron chi connectivity index (χ1n) is 11.0. The molecule has 5 aromatic rings. The van der Waals surface area contributed by atoms with Gasteiger partial charge in [0.2, 0.25) is 0 Å². The number of hydrogen-bond donors (Lipinski definition) is 2. The summed E-state index contributed by atoms with van der Waals surface area (Å²) in [5, 5.41) is 8.58. The molecule has 4 heterocycles. The third kappa shape index (κ3) is 4.34. The summed E-state index contributed by atoms with van der Waals surface area (Å²) in [7, 11) is 0. The summed E-state index contributed by atoms with van der Waals surface area (Å²) in [5.74, 6) is 1.48. The number of aromatic nitrogens is 7. The van der Waals surface area contributed by atoms with E-state index in [0.717, 1.165) is 24.1 Å². The SMILES string of the molecule is CCCCn1c(CSc2nnc(-c3ccc[nH]3)o2)nc2c1c(=O)[nH]c(=O)n2Cc1ccccc1. The van der Waals surface area contributed by atoms with Crippen LogP contribution >= 0.6 is 11.8 Å². The predicted molar refractivity (Wildman–Crippen MR) is 129 cm³/mol. The monoisotopic (exact) mass is 477 g/mol. The highest BCUT2D eigenvalue weighted by Gasteiger charge is 2.20. The molecule has 0 saturated heterocycles. The van der Waals surface area contributed by atoms with Crippen LogP contribution in [0.25, 0.3) is 22.7 Å². The Labute approximate surface area is 198 Å². The molecular formula is C23H23N7O3S. The molecule has 0 fully saturated rings. The second kappa shape index (κ2) is 9.56. The van der Waals surface area contributed by atoms with Crippen LogP contribution in [0.3, 0.4) is 0 Å². The van der Waals surface area contributed by atoms with Gasteiger partial charge in [-0.1, -0.05) is 55.4 Å². The van der Waals surface area contributed by atoms with Gasteiger partial charge >= 0.3 is 5.69 Å². The van der Waals surface area contributed by atoms with Crippen LogP contribution < -0.4 is 11.2 Å². The van der Waals surface area contributed by atoms with Gasteiger partial charge in [0.1, 0.15) is 11.5 Å². The molecule has 0 saturated carbocycles. The van der Waals surface area contributed by atoms with Crippen molar-refractivity contribution in [2.24, 2.45) is 0 Å². The topological polar surface area (TPSA) is 127 Å². The fourth-order valence-corrected chi connectivity index (χ4v) is 4.47. The van der Waals surface area contributed by atoms with Gasteiger partial charge < -0.3 is 14.0 Å².